The summed E-state index contributed by atoms with van der Waals surface area (Å²) in [6, 6.07) is 6.63. The van der Waals surface area contributed by atoms with E-state index < -0.39 is 29.5 Å². The Morgan fingerprint density at radius 3 is 2.31 bits per heavy atom. The van der Waals surface area contributed by atoms with Crippen LogP contribution in [-0.2, 0) is 11.0 Å². The Morgan fingerprint density at radius 1 is 1.06 bits per heavy atom. The minimum Gasteiger partial charge on any atom is -0.396 e. The van der Waals surface area contributed by atoms with Crippen LogP contribution in [-0.4, -0.2) is 41.9 Å². The van der Waals surface area contributed by atoms with E-state index in [0.717, 1.165) is 24.1 Å². The van der Waals surface area contributed by atoms with Crippen LogP contribution in [0.15, 0.2) is 41.3 Å². The number of carbonyl (C=O) groups is 1. The van der Waals surface area contributed by atoms with Crippen molar-refractivity contribution in [1.29, 1.82) is 0 Å². The van der Waals surface area contributed by atoms with E-state index in [4.69, 9.17) is 10.2 Å². The van der Waals surface area contributed by atoms with Crippen molar-refractivity contribution in [3.05, 3.63) is 47.8 Å². The predicted octanol–water partition coefficient (Wildman–Crippen LogP) is 4.61. The van der Waals surface area contributed by atoms with E-state index in [1.165, 1.54) is 28.6 Å². The molecule has 1 aliphatic heterocycles. The van der Waals surface area contributed by atoms with Gasteiger partial charge in [-0.05, 0) is 60.7 Å². The van der Waals surface area contributed by atoms with Crippen molar-refractivity contribution < 1.29 is 32.6 Å². The molecule has 3 rings (SSSR count). The zero-order valence-corrected chi connectivity index (χ0v) is 18.6. The van der Waals surface area contributed by atoms with Crippen LogP contribution in [0.2, 0.25) is 0 Å². The fourth-order valence-corrected chi connectivity index (χ4v) is 4.35. The molecule has 0 saturated heterocycles. The number of fused-ring (bicyclic) bond motifs is 3. The number of alkyl halides is 3. The number of benzene rings is 2. The number of halogens is 4. The normalized spacial score (nSPS) is 12.6. The van der Waals surface area contributed by atoms with Crippen LogP contribution in [0.5, 0.6) is 0 Å². The highest BCUT2D eigenvalue weighted by molar-refractivity contribution is 8.01. The van der Waals surface area contributed by atoms with Gasteiger partial charge in [0, 0.05) is 29.7 Å². The molecular formula is C22H26F4N2O3S. The number of hydrogen-bond acceptors (Lipinski definition) is 5. The number of carbonyl (C=O) groups excluding carboxylic acids is 1. The van der Waals surface area contributed by atoms with Gasteiger partial charge in [-0.2, -0.15) is 13.2 Å². The number of rotatable bonds is 7. The lowest BCUT2D eigenvalue weighted by Crippen LogP contribution is -2.41. The second-order valence-electron chi connectivity index (χ2n) is 6.79. The third-order valence-corrected chi connectivity index (χ3v) is 5.72. The maximum Gasteiger partial charge on any atom is 0.416 e. The van der Waals surface area contributed by atoms with Crippen LogP contribution in [0.1, 0.15) is 32.3 Å². The monoisotopic (exact) mass is 474 g/mol. The smallest absolute Gasteiger partial charge is 0.396 e. The van der Waals surface area contributed by atoms with Gasteiger partial charge in [-0.15, -0.1) is 0 Å². The van der Waals surface area contributed by atoms with Crippen LogP contribution in [0.25, 0.3) is 11.1 Å². The summed E-state index contributed by atoms with van der Waals surface area (Å²) in [5.74, 6) is -0.966. The van der Waals surface area contributed by atoms with E-state index in [1.807, 2.05) is 13.8 Å². The van der Waals surface area contributed by atoms with Gasteiger partial charge in [-0.25, -0.2) is 4.39 Å². The van der Waals surface area contributed by atoms with Gasteiger partial charge in [-0.1, -0.05) is 19.9 Å². The molecule has 0 bridgehead atoms. The Bertz CT molecular complexity index is 919. The summed E-state index contributed by atoms with van der Waals surface area (Å²) in [6.45, 7) is 3.46. The standard InChI is InChI=1S/C20H20F4N2O3S.C2H6/c21-13-2-3-15-16-9-12(20(22,23)24)1-4-17(16)26(30-18(15)10-13)11-19(29)25-14(5-7-27)6-8-28;1-2/h1-4,9-10,14,27-28H,5-8,11H2,(H,25,29);1-2H3. The van der Waals surface area contributed by atoms with Gasteiger partial charge in [-0.3, -0.25) is 4.79 Å². The number of nitrogens with zero attached hydrogens (tertiary/aromatic N) is 1. The predicted molar refractivity (Wildman–Crippen MR) is 117 cm³/mol. The summed E-state index contributed by atoms with van der Waals surface area (Å²) in [7, 11) is 0. The summed E-state index contributed by atoms with van der Waals surface area (Å²) < 4.78 is 54.9. The van der Waals surface area contributed by atoms with Crippen molar-refractivity contribution in [2.24, 2.45) is 0 Å². The van der Waals surface area contributed by atoms with Crippen LogP contribution in [0, 0.1) is 5.82 Å². The Kier molecular flexibility index (Phi) is 9.35. The minimum atomic E-state index is -4.54. The lowest BCUT2D eigenvalue weighted by molar-refractivity contribution is -0.137. The number of aliphatic hydroxyl groups excluding tert-OH is 2. The van der Waals surface area contributed by atoms with Crippen LogP contribution in [0.4, 0.5) is 23.2 Å². The van der Waals surface area contributed by atoms with Gasteiger partial charge in [0.25, 0.3) is 0 Å². The van der Waals surface area contributed by atoms with Crippen LogP contribution in [0.3, 0.4) is 0 Å². The molecule has 0 fully saturated rings. The van der Waals surface area contributed by atoms with Gasteiger partial charge in [0.2, 0.25) is 5.91 Å². The highest BCUT2D eigenvalue weighted by atomic mass is 32.2. The molecule has 0 aliphatic carbocycles. The Balaban J connectivity index is 0.00000176. The first-order valence-corrected chi connectivity index (χ1v) is 11.0. The van der Waals surface area contributed by atoms with Gasteiger partial charge in [0.15, 0.2) is 0 Å². The molecule has 5 nitrogen and oxygen atoms in total. The van der Waals surface area contributed by atoms with Gasteiger partial charge < -0.3 is 19.8 Å². The van der Waals surface area contributed by atoms with Gasteiger partial charge in [0.05, 0.1) is 11.3 Å². The summed E-state index contributed by atoms with van der Waals surface area (Å²) in [5, 5.41) is 20.9. The third kappa shape index (κ3) is 6.36. The number of anilines is 1. The van der Waals surface area contributed by atoms with Crippen LogP contribution >= 0.6 is 11.9 Å². The summed E-state index contributed by atoms with van der Waals surface area (Å²) in [4.78, 5) is 12.9. The van der Waals surface area contributed by atoms with E-state index in [2.05, 4.69) is 5.32 Å². The molecule has 1 amide bonds. The summed E-state index contributed by atoms with van der Waals surface area (Å²) in [6.07, 6.45) is -4.01. The van der Waals surface area contributed by atoms with E-state index >= 15 is 0 Å². The zero-order valence-electron chi connectivity index (χ0n) is 17.7. The largest absolute Gasteiger partial charge is 0.416 e. The lowest BCUT2D eigenvalue weighted by atomic mass is 10.00. The zero-order chi connectivity index (χ0) is 23.9. The molecule has 176 valence electrons. The first-order valence-electron chi connectivity index (χ1n) is 10.2. The molecule has 32 heavy (non-hydrogen) atoms. The average Bonchev–Trinajstić information content (AvgIpc) is 2.74. The van der Waals surface area contributed by atoms with Gasteiger partial charge in [0.1, 0.15) is 12.4 Å². The second-order valence-corrected chi connectivity index (χ2v) is 7.85. The number of nitrogens with one attached hydrogen (secondary N) is 1. The van der Waals surface area contributed by atoms with Crippen molar-refractivity contribution in [2.45, 2.75) is 43.8 Å². The molecule has 0 saturated carbocycles. The molecule has 0 unspecified atom stereocenters. The fraction of sp³-hybridized carbons (Fsp3) is 0.409. The molecule has 2 aromatic carbocycles. The van der Waals surface area contributed by atoms with Crippen molar-refractivity contribution in [3.63, 3.8) is 0 Å². The van der Waals surface area contributed by atoms with Crippen molar-refractivity contribution in [2.75, 3.05) is 24.1 Å². The summed E-state index contributed by atoms with van der Waals surface area (Å²) in [5.41, 5.74) is 0.285. The molecule has 2 aromatic rings. The molecule has 0 spiro atoms. The Labute approximate surface area is 188 Å². The maximum absolute atomic E-state index is 13.7. The Hall–Kier alpha value is -2.30. The third-order valence-electron chi connectivity index (χ3n) is 4.64. The highest BCUT2D eigenvalue weighted by Crippen LogP contribution is 2.48. The molecule has 1 heterocycles. The first-order chi connectivity index (χ1) is 15.2. The van der Waals surface area contributed by atoms with E-state index in [0.29, 0.717) is 16.1 Å². The topological polar surface area (TPSA) is 72.8 Å². The van der Waals surface area contributed by atoms with Crippen molar-refractivity contribution in [1.82, 2.24) is 5.32 Å². The summed E-state index contributed by atoms with van der Waals surface area (Å²) >= 11 is 1.06. The molecule has 10 heteroatoms. The SMILES string of the molecule is CC.O=C(CN1Sc2cc(F)ccc2-c2cc(C(F)(F)F)ccc21)NC(CCO)CCO. The van der Waals surface area contributed by atoms with E-state index in [9.17, 15) is 22.4 Å². The molecule has 0 radical (unpaired) electrons. The van der Waals surface area contributed by atoms with E-state index in [-0.39, 0.29) is 38.2 Å². The number of hydrogen-bond donors (Lipinski definition) is 3. The van der Waals surface area contributed by atoms with Crippen LogP contribution < -0.4 is 9.62 Å². The second kappa shape index (κ2) is 11.5. The molecule has 3 N–H and O–H groups in total. The first kappa shape index (κ1) is 26.0. The molecular weight excluding hydrogens is 448 g/mol. The van der Waals surface area contributed by atoms with Crippen molar-refractivity contribution in [3.8, 4) is 11.1 Å². The molecule has 0 aromatic heterocycles. The van der Waals surface area contributed by atoms with Gasteiger partial charge >= 0.3 is 6.18 Å². The fourth-order valence-electron chi connectivity index (χ4n) is 3.23. The average molecular weight is 475 g/mol. The number of amides is 1. The highest BCUT2D eigenvalue weighted by Gasteiger charge is 2.33. The minimum absolute atomic E-state index is 0.168. The molecule has 0 atom stereocenters. The number of aliphatic hydroxyl groups is 2. The Morgan fingerprint density at radius 2 is 1.72 bits per heavy atom. The molecule has 1 aliphatic rings. The lowest BCUT2D eigenvalue weighted by Gasteiger charge is -2.32. The maximum atomic E-state index is 13.7. The van der Waals surface area contributed by atoms with E-state index in [1.54, 1.807) is 0 Å². The quantitative estimate of drug-likeness (QED) is 0.404. The van der Waals surface area contributed by atoms with Crippen molar-refractivity contribution >= 4 is 23.5 Å².